The van der Waals surface area contributed by atoms with Crippen molar-refractivity contribution in [2.75, 3.05) is 12.0 Å². The van der Waals surface area contributed by atoms with Crippen molar-refractivity contribution in [1.82, 2.24) is 10.1 Å². The van der Waals surface area contributed by atoms with Crippen LogP contribution < -0.4 is 4.90 Å². The Morgan fingerprint density at radius 2 is 2.24 bits per heavy atom. The van der Waals surface area contributed by atoms with E-state index in [2.05, 4.69) is 23.1 Å². The lowest BCUT2D eigenvalue weighted by molar-refractivity contribution is -0.119. The molecule has 0 aliphatic carbocycles. The van der Waals surface area contributed by atoms with Gasteiger partial charge in [-0.2, -0.15) is 4.98 Å². The third kappa shape index (κ3) is 3.74. The smallest absolute Gasteiger partial charge is 0.227 e. The van der Waals surface area contributed by atoms with Gasteiger partial charge in [0.2, 0.25) is 11.8 Å². The molecule has 1 aromatic heterocycles. The Morgan fingerprint density at radius 3 is 3.00 bits per heavy atom. The van der Waals surface area contributed by atoms with Crippen molar-refractivity contribution in [3.8, 4) is 0 Å². The topological polar surface area (TPSA) is 68.5 Å². The minimum absolute atomic E-state index is 0.110. The first kappa shape index (κ1) is 17.6. The Kier molecular flexibility index (Phi) is 5.48. The van der Waals surface area contributed by atoms with E-state index in [1.165, 1.54) is 5.56 Å². The molecule has 0 unspecified atom stereocenters. The van der Waals surface area contributed by atoms with Crippen LogP contribution in [0.1, 0.15) is 56.5 Å². The van der Waals surface area contributed by atoms with E-state index in [0.717, 1.165) is 24.9 Å². The van der Waals surface area contributed by atoms with Crippen molar-refractivity contribution >= 4 is 11.6 Å². The fraction of sp³-hybridized carbons (Fsp3) is 0.526. The molecule has 25 heavy (non-hydrogen) atoms. The van der Waals surface area contributed by atoms with Gasteiger partial charge in [0.15, 0.2) is 5.82 Å². The Labute approximate surface area is 148 Å². The minimum Gasteiger partial charge on any atom is -0.374 e. The number of methoxy groups -OCH3 is 1. The summed E-state index contributed by atoms with van der Waals surface area (Å²) in [6, 6.07) is 8.44. The number of hydrogen-bond donors (Lipinski definition) is 0. The number of fused-ring (bicyclic) bond motifs is 1. The predicted molar refractivity (Wildman–Crippen MR) is 94.4 cm³/mol. The van der Waals surface area contributed by atoms with Crippen molar-refractivity contribution in [1.29, 1.82) is 0 Å². The first-order chi connectivity index (χ1) is 12.1. The summed E-state index contributed by atoms with van der Waals surface area (Å²) in [6.07, 6.45) is 3.57. The number of ether oxygens (including phenoxy) is 1. The highest BCUT2D eigenvalue weighted by Crippen LogP contribution is 2.32. The van der Waals surface area contributed by atoms with Gasteiger partial charge in [-0.05, 0) is 37.8 Å². The molecule has 0 radical (unpaired) electrons. The van der Waals surface area contributed by atoms with Gasteiger partial charge in [-0.15, -0.1) is 0 Å². The predicted octanol–water partition coefficient (Wildman–Crippen LogP) is 3.47. The second kappa shape index (κ2) is 7.78. The molecule has 2 heterocycles. The van der Waals surface area contributed by atoms with Crippen LogP contribution in [0.25, 0.3) is 0 Å². The van der Waals surface area contributed by atoms with Crippen LogP contribution >= 0.6 is 0 Å². The third-order valence-electron chi connectivity index (χ3n) is 4.86. The molecule has 6 nitrogen and oxygen atoms in total. The van der Waals surface area contributed by atoms with E-state index in [1.54, 1.807) is 7.11 Å². The molecule has 2 aromatic rings. The van der Waals surface area contributed by atoms with Crippen LogP contribution in [0.4, 0.5) is 5.69 Å². The molecule has 0 spiro atoms. The Bertz CT molecular complexity index is 728. The number of amides is 1. The summed E-state index contributed by atoms with van der Waals surface area (Å²) in [7, 11) is 1.60. The molecule has 1 aliphatic rings. The lowest BCUT2D eigenvalue weighted by Gasteiger charge is -2.37. The zero-order valence-corrected chi connectivity index (χ0v) is 15.1. The molecule has 0 saturated carbocycles. The van der Waals surface area contributed by atoms with Crippen molar-refractivity contribution in [3.63, 3.8) is 0 Å². The first-order valence-electron chi connectivity index (χ1n) is 8.89. The molecule has 1 aliphatic heterocycles. The van der Waals surface area contributed by atoms with Gasteiger partial charge < -0.3 is 14.2 Å². The highest BCUT2D eigenvalue weighted by atomic mass is 16.5. The van der Waals surface area contributed by atoms with E-state index in [9.17, 15) is 4.79 Å². The molecule has 0 bridgehead atoms. The highest BCUT2D eigenvalue weighted by molar-refractivity contribution is 5.95. The molecular formula is C19H25N3O3. The summed E-state index contributed by atoms with van der Waals surface area (Å²) >= 11 is 0. The monoisotopic (exact) mass is 343 g/mol. The van der Waals surface area contributed by atoms with E-state index in [-0.39, 0.29) is 18.1 Å². The summed E-state index contributed by atoms with van der Waals surface area (Å²) in [4.78, 5) is 19.2. The Morgan fingerprint density at radius 1 is 1.44 bits per heavy atom. The number of carbonyl (C=O) groups excluding carboxylic acids is 1. The number of nitrogens with zero attached hydrogens (tertiary/aromatic N) is 3. The van der Waals surface area contributed by atoms with E-state index in [1.807, 2.05) is 30.0 Å². The summed E-state index contributed by atoms with van der Waals surface area (Å²) in [5, 5.41) is 3.91. The molecule has 0 N–H and O–H groups in total. The molecular weight excluding hydrogens is 318 g/mol. The van der Waals surface area contributed by atoms with Gasteiger partial charge in [0.05, 0.1) is 0 Å². The summed E-state index contributed by atoms with van der Waals surface area (Å²) in [6.45, 7) is 3.99. The average molecular weight is 343 g/mol. The molecule has 134 valence electrons. The van der Waals surface area contributed by atoms with Crippen LogP contribution in [-0.4, -0.2) is 29.2 Å². The van der Waals surface area contributed by atoms with Crippen LogP contribution in [0.3, 0.4) is 0 Å². The maximum atomic E-state index is 12.9. The third-order valence-corrected chi connectivity index (χ3v) is 4.86. The summed E-state index contributed by atoms with van der Waals surface area (Å²) in [5.41, 5.74) is 2.29. The van der Waals surface area contributed by atoms with Crippen LogP contribution in [0.5, 0.6) is 0 Å². The largest absolute Gasteiger partial charge is 0.374 e. The number of para-hydroxylation sites is 1. The lowest BCUT2D eigenvalue weighted by atomic mass is 9.94. The maximum Gasteiger partial charge on any atom is 0.227 e. The van der Waals surface area contributed by atoms with Crippen LogP contribution in [0.15, 0.2) is 28.8 Å². The zero-order chi connectivity index (χ0) is 17.8. The fourth-order valence-corrected chi connectivity index (χ4v) is 3.30. The van der Waals surface area contributed by atoms with E-state index in [4.69, 9.17) is 9.26 Å². The molecule has 3 rings (SSSR count). The van der Waals surface area contributed by atoms with Crippen LogP contribution in [0.2, 0.25) is 0 Å². The lowest BCUT2D eigenvalue weighted by Crippen LogP contribution is -2.43. The van der Waals surface area contributed by atoms with Gasteiger partial charge in [-0.1, -0.05) is 30.3 Å². The van der Waals surface area contributed by atoms with Gasteiger partial charge in [0, 0.05) is 31.7 Å². The van der Waals surface area contributed by atoms with E-state index >= 15 is 0 Å². The number of anilines is 1. The van der Waals surface area contributed by atoms with Gasteiger partial charge >= 0.3 is 0 Å². The minimum atomic E-state index is -0.216. The SMILES string of the molecule is CC[C@@H]1CCc2ccccc2N1C(=O)CCc1nc([C@@H](C)OC)no1. The molecule has 1 amide bonds. The first-order valence-corrected chi connectivity index (χ1v) is 8.89. The number of aromatic nitrogens is 2. The highest BCUT2D eigenvalue weighted by Gasteiger charge is 2.29. The van der Waals surface area contributed by atoms with Gasteiger partial charge in [-0.25, -0.2) is 0 Å². The molecule has 1 aromatic carbocycles. The normalized spacial score (nSPS) is 18.0. The van der Waals surface area contributed by atoms with Gasteiger partial charge in [0.25, 0.3) is 0 Å². The second-order valence-electron chi connectivity index (χ2n) is 6.42. The van der Waals surface area contributed by atoms with Crippen molar-refractivity contribution in [2.45, 2.75) is 58.1 Å². The summed E-state index contributed by atoms with van der Waals surface area (Å²) < 4.78 is 10.4. The van der Waals surface area contributed by atoms with Gasteiger partial charge in [-0.3, -0.25) is 4.79 Å². The van der Waals surface area contributed by atoms with E-state index in [0.29, 0.717) is 24.6 Å². The number of hydrogen-bond acceptors (Lipinski definition) is 5. The zero-order valence-electron chi connectivity index (χ0n) is 15.1. The second-order valence-corrected chi connectivity index (χ2v) is 6.42. The summed E-state index contributed by atoms with van der Waals surface area (Å²) in [5.74, 6) is 1.10. The maximum absolute atomic E-state index is 12.9. The molecule has 0 fully saturated rings. The number of carbonyl (C=O) groups is 1. The average Bonchev–Trinajstić information content (AvgIpc) is 3.13. The molecule has 2 atom stereocenters. The Balaban J connectivity index is 1.70. The van der Waals surface area contributed by atoms with Crippen molar-refractivity contribution < 1.29 is 14.1 Å². The van der Waals surface area contributed by atoms with Crippen LogP contribution in [-0.2, 0) is 22.4 Å². The van der Waals surface area contributed by atoms with Crippen molar-refractivity contribution in [2.24, 2.45) is 0 Å². The molecule has 0 saturated heterocycles. The van der Waals surface area contributed by atoms with Crippen LogP contribution in [0, 0.1) is 0 Å². The van der Waals surface area contributed by atoms with Gasteiger partial charge in [0.1, 0.15) is 6.10 Å². The quantitative estimate of drug-likeness (QED) is 0.803. The standard InChI is InChI=1S/C19H25N3O3/c1-4-15-10-9-14-7-5-6-8-16(14)22(15)18(23)12-11-17-20-19(21-25-17)13(2)24-3/h5-8,13,15H,4,9-12H2,1-3H3/t13-,15-/m1/s1. The Hall–Kier alpha value is -2.21. The van der Waals surface area contributed by atoms with Crippen molar-refractivity contribution in [3.05, 3.63) is 41.5 Å². The van der Waals surface area contributed by atoms with E-state index < -0.39 is 0 Å². The number of rotatable bonds is 6. The number of aryl methyl sites for hydroxylation is 2. The molecule has 6 heteroatoms. The fourth-order valence-electron chi connectivity index (χ4n) is 3.30. The number of benzene rings is 1.